The van der Waals surface area contributed by atoms with E-state index in [2.05, 4.69) is 6.92 Å². The molecular weight excluding hydrogens is 265 g/mol. The van der Waals surface area contributed by atoms with Crippen molar-refractivity contribution in [2.75, 3.05) is 5.73 Å². The molecule has 21 heavy (non-hydrogen) atoms. The Hall–Kier alpha value is -1.25. The number of aromatic hydroxyl groups is 1. The summed E-state index contributed by atoms with van der Waals surface area (Å²) in [5.74, 6) is 1.43. The van der Waals surface area contributed by atoms with E-state index in [1.165, 1.54) is 37.8 Å². The first kappa shape index (κ1) is 13.4. The number of fused-ring (bicyclic) bond motifs is 1. The van der Waals surface area contributed by atoms with Gasteiger partial charge < -0.3 is 10.8 Å². The Morgan fingerprint density at radius 3 is 2.86 bits per heavy atom. The third-order valence-corrected chi connectivity index (χ3v) is 6.90. The van der Waals surface area contributed by atoms with Crippen LogP contribution in [0, 0.1) is 23.1 Å². The van der Waals surface area contributed by atoms with E-state index < -0.39 is 5.82 Å². The van der Waals surface area contributed by atoms with E-state index in [1.807, 2.05) is 0 Å². The summed E-state index contributed by atoms with van der Waals surface area (Å²) in [6.45, 7) is 2.18. The Bertz CT molecular complexity index is 601. The van der Waals surface area contributed by atoms with E-state index in [4.69, 9.17) is 5.73 Å². The van der Waals surface area contributed by atoms with Crippen molar-refractivity contribution in [2.45, 2.75) is 57.3 Å². The number of nitrogen functional groups attached to an aromatic ring is 1. The molecule has 0 aromatic heterocycles. The van der Waals surface area contributed by atoms with Gasteiger partial charge in [-0.25, -0.2) is 4.39 Å². The van der Waals surface area contributed by atoms with E-state index in [-0.39, 0.29) is 16.9 Å². The lowest BCUT2D eigenvalue weighted by atomic mass is 9.51. The molecule has 3 N–H and O–H groups in total. The molecule has 2 nitrogen and oxygen atoms in total. The van der Waals surface area contributed by atoms with Crippen LogP contribution in [0.1, 0.15) is 57.4 Å². The number of rotatable bonds is 2. The van der Waals surface area contributed by atoms with E-state index in [9.17, 15) is 9.50 Å². The average Bonchev–Trinajstić information content (AvgIpc) is 2.63. The van der Waals surface area contributed by atoms with Crippen molar-refractivity contribution in [3.63, 3.8) is 0 Å². The Kier molecular flexibility index (Phi) is 2.65. The van der Waals surface area contributed by atoms with Crippen molar-refractivity contribution in [1.82, 2.24) is 0 Å². The Morgan fingerprint density at radius 2 is 2.19 bits per heavy atom. The average molecular weight is 289 g/mol. The first-order valence-electron chi connectivity index (χ1n) is 8.26. The number of phenolic OH excluding ortho intramolecular Hbond substituents is 1. The maximum atomic E-state index is 14.0. The first-order chi connectivity index (χ1) is 9.98. The second-order valence-corrected chi connectivity index (χ2v) is 7.81. The van der Waals surface area contributed by atoms with E-state index in [0.29, 0.717) is 5.41 Å². The number of halogens is 1. The van der Waals surface area contributed by atoms with Crippen LogP contribution in [0.2, 0.25) is 0 Å². The van der Waals surface area contributed by atoms with Crippen molar-refractivity contribution in [3.05, 3.63) is 23.5 Å². The highest BCUT2D eigenvalue weighted by atomic mass is 19.1. The Balaban J connectivity index is 1.80. The van der Waals surface area contributed by atoms with Gasteiger partial charge in [-0.1, -0.05) is 6.92 Å². The monoisotopic (exact) mass is 289 g/mol. The molecule has 4 atom stereocenters. The number of hydrogen-bond donors (Lipinski definition) is 2. The fraction of sp³-hybridized carbons (Fsp3) is 0.667. The highest BCUT2D eigenvalue weighted by Crippen LogP contribution is 2.70. The summed E-state index contributed by atoms with van der Waals surface area (Å²) in [5, 5.41) is 10.4. The molecule has 1 aromatic rings. The molecule has 3 heteroatoms. The topological polar surface area (TPSA) is 46.2 Å². The minimum absolute atomic E-state index is 0.0426. The molecule has 0 aliphatic heterocycles. The fourth-order valence-electron chi connectivity index (χ4n) is 5.88. The molecule has 0 saturated heterocycles. The molecule has 3 unspecified atom stereocenters. The van der Waals surface area contributed by atoms with Crippen LogP contribution in [-0.2, 0) is 5.41 Å². The van der Waals surface area contributed by atoms with Gasteiger partial charge in [0.25, 0.3) is 0 Å². The number of anilines is 1. The standard InChI is InChI=1S/C18H24FNO/c1-2-17(13-6-14(19)15(20)7-16(13)21)8-11-5-12-3-4-18(12,9-11)10-17/h6-7,11-12,21H,2-5,8-10,20H2,1H3/t11?,12?,17?,18-/m1/s1. The quantitative estimate of drug-likeness (QED) is 0.795. The summed E-state index contributed by atoms with van der Waals surface area (Å²) < 4.78 is 14.0. The summed E-state index contributed by atoms with van der Waals surface area (Å²) in [4.78, 5) is 0. The molecule has 3 fully saturated rings. The predicted octanol–water partition coefficient (Wildman–Crippen LogP) is 4.36. The zero-order valence-corrected chi connectivity index (χ0v) is 12.7. The summed E-state index contributed by atoms with van der Waals surface area (Å²) in [6.07, 6.45) is 8.59. The summed E-state index contributed by atoms with van der Waals surface area (Å²) >= 11 is 0. The van der Waals surface area contributed by atoms with Crippen LogP contribution < -0.4 is 5.73 Å². The van der Waals surface area contributed by atoms with Crippen molar-refractivity contribution in [3.8, 4) is 5.75 Å². The van der Waals surface area contributed by atoms with Crippen LogP contribution in [0.5, 0.6) is 5.75 Å². The molecule has 1 spiro atoms. The lowest BCUT2D eigenvalue weighted by Crippen LogP contribution is -2.45. The van der Waals surface area contributed by atoms with Gasteiger partial charge in [0.2, 0.25) is 0 Å². The van der Waals surface area contributed by atoms with E-state index in [1.54, 1.807) is 0 Å². The molecular formula is C18H24FNO. The summed E-state index contributed by atoms with van der Waals surface area (Å²) in [7, 11) is 0. The van der Waals surface area contributed by atoms with Gasteiger partial charge >= 0.3 is 0 Å². The van der Waals surface area contributed by atoms with Gasteiger partial charge in [-0.3, -0.25) is 0 Å². The molecule has 3 saturated carbocycles. The second kappa shape index (κ2) is 4.15. The van der Waals surface area contributed by atoms with Gasteiger partial charge in [0.15, 0.2) is 0 Å². The van der Waals surface area contributed by atoms with Crippen LogP contribution >= 0.6 is 0 Å². The minimum atomic E-state index is -0.392. The molecule has 0 radical (unpaired) electrons. The van der Waals surface area contributed by atoms with Gasteiger partial charge in [-0.15, -0.1) is 0 Å². The Morgan fingerprint density at radius 1 is 1.38 bits per heavy atom. The van der Waals surface area contributed by atoms with Gasteiger partial charge in [0, 0.05) is 11.6 Å². The predicted molar refractivity (Wildman–Crippen MR) is 81.6 cm³/mol. The molecule has 3 aliphatic carbocycles. The molecule has 0 amide bonds. The first-order valence-corrected chi connectivity index (χ1v) is 8.26. The van der Waals surface area contributed by atoms with Gasteiger partial charge in [-0.2, -0.15) is 0 Å². The Labute approximate surface area is 125 Å². The third kappa shape index (κ3) is 1.69. The van der Waals surface area contributed by atoms with Crippen molar-refractivity contribution >= 4 is 5.69 Å². The van der Waals surface area contributed by atoms with Crippen LogP contribution in [0.15, 0.2) is 12.1 Å². The normalized spacial score (nSPS) is 40.7. The number of phenols is 1. The number of hydrogen-bond acceptors (Lipinski definition) is 2. The highest BCUT2D eigenvalue weighted by Gasteiger charge is 2.60. The molecule has 0 heterocycles. The second-order valence-electron chi connectivity index (χ2n) is 7.81. The van der Waals surface area contributed by atoms with E-state index in [0.717, 1.165) is 36.7 Å². The third-order valence-electron chi connectivity index (χ3n) is 6.90. The smallest absolute Gasteiger partial charge is 0.146 e. The highest BCUT2D eigenvalue weighted by molar-refractivity contribution is 5.52. The number of benzene rings is 1. The maximum absolute atomic E-state index is 14.0. The molecule has 3 aliphatic rings. The summed E-state index contributed by atoms with van der Waals surface area (Å²) in [6, 6.07) is 2.90. The van der Waals surface area contributed by atoms with Gasteiger partial charge in [-0.05, 0) is 73.7 Å². The SMILES string of the molecule is CCC1(c2cc(F)c(N)cc2O)CC2CC3CC[C@@]3(C2)C1. The van der Waals surface area contributed by atoms with Gasteiger partial charge in [0.1, 0.15) is 11.6 Å². The lowest BCUT2D eigenvalue weighted by Gasteiger charge is -2.53. The summed E-state index contributed by atoms with van der Waals surface area (Å²) in [5.41, 5.74) is 6.87. The minimum Gasteiger partial charge on any atom is -0.508 e. The van der Waals surface area contributed by atoms with Crippen LogP contribution in [0.4, 0.5) is 10.1 Å². The van der Waals surface area contributed by atoms with Crippen LogP contribution in [0.3, 0.4) is 0 Å². The molecule has 114 valence electrons. The van der Waals surface area contributed by atoms with Crippen molar-refractivity contribution < 1.29 is 9.50 Å². The molecule has 2 bridgehead atoms. The van der Waals surface area contributed by atoms with Crippen molar-refractivity contribution in [1.29, 1.82) is 0 Å². The zero-order chi connectivity index (χ0) is 14.8. The molecule has 4 rings (SSSR count). The van der Waals surface area contributed by atoms with Gasteiger partial charge in [0.05, 0.1) is 5.69 Å². The lowest BCUT2D eigenvalue weighted by molar-refractivity contribution is 0.00629. The maximum Gasteiger partial charge on any atom is 0.146 e. The fourth-order valence-corrected chi connectivity index (χ4v) is 5.88. The zero-order valence-electron chi connectivity index (χ0n) is 12.7. The van der Waals surface area contributed by atoms with Crippen molar-refractivity contribution in [2.24, 2.45) is 17.3 Å². The van der Waals surface area contributed by atoms with E-state index >= 15 is 0 Å². The van der Waals surface area contributed by atoms with Crippen LogP contribution in [0.25, 0.3) is 0 Å². The largest absolute Gasteiger partial charge is 0.508 e. The molecule has 1 aromatic carbocycles. The van der Waals surface area contributed by atoms with Crippen LogP contribution in [-0.4, -0.2) is 5.11 Å². The number of nitrogens with two attached hydrogens (primary N) is 1.